The number of carbonyl (C=O) groups excluding carboxylic acids is 1. The summed E-state index contributed by atoms with van der Waals surface area (Å²) in [5, 5.41) is -0.293. The van der Waals surface area contributed by atoms with E-state index < -0.39 is 12.5 Å². The molecule has 3 aliphatic rings. The predicted molar refractivity (Wildman–Crippen MR) is 90.5 cm³/mol. The first-order valence-electron chi connectivity index (χ1n) is 9.21. The zero-order chi connectivity index (χ0) is 18.7. The average Bonchev–Trinajstić information content (AvgIpc) is 2.57. The number of ether oxygens (including phenoxy) is 1. The van der Waals surface area contributed by atoms with Crippen LogP contribution in [0.4, 0.5) is 13.2 Å². The molecule has 1 aliphatic carbocycles. The Morgan fingerprint density at radius 2 is 1.85 bits per heavy atom. The maximum Gasteiger partial charge on any atom is 0.522 e. The molecule has 0 spiro atoms. The standard InChI is InChI=1S/C16H26ClF3N4O2/c17-12-9-21-22-15(25)14(12)24-7-5-23(6-8-24)10-11-3-1-2-4-13(11)26-16(18,19)20/h11-14,21H,1-10H2,(H,22,25). The minimum Gasteiger partial charge on any atom is -0.300 e. The Kier molecular flexibility index (Phi) is 6.66. The number of alkyl halides is 4. The molecule has 0 aromatic rings. The number of halogens is 4. The molecule has 3 fully saturated rings. The summed E-state index contributed by atoms with van der Waals surface area (Å²) in [6.07, 6.45) is -2.35. The molecular formula is C16H26ClF3N4O2. The van der Waals surface area contributed by atoms with Crippen LogP contribution in [0.15, 0.2) is 0 Å². The predicted octanol–water partition coefficient (Wildman–Crippen LogP) is 1.31. The number of piperazine rings is 1. The molecule has 6 nitrogen and oxygen atoms in total. The van der Waals surface area contributed by atoms with Crippen LogP contribution in [0.1, 0.15) is 25.7 Å². The molecule has 3 rings (SSSR count). The molecule has 1 amide bonds. The maximum absolute atomic E-state index is 12.6. The summed E-state index contributed by atoms with van der Waals surface area (Å²) in [6.45, 7) is 3.91. The number of rotatable bonds is 4. The molecule has 10 heteroatoms. The summed E-state index contributed by atoms with van der Waals surface area (Å²) >= 11 is 6.28. The van der Waals surface area contributed by atoms with Gasteiger partial charge < -0.3 is 4.90 Å². The van der Waals surface area contributed by atoms with Gasteiger partial charge in [-0.2, -0.15) is 0 Å². The van der Waals surface area contributed by atoms with E-state index in [-0.39, 0.29) is 23.2 Å². The highest BCUT2D eigenvalue weighted by Crippen LogP contribution is 2.32. The molecule has 2 saturated heterocycles. The topological polar surface area (TPSA) is 56.8 Å². The van der Waals surface area contributed by atoms with Crippen LogP contribution in [-0.2, 0) is 9.53 Å². The van der Waals surface area contributed by atoms with Gasteiger partial charge in [0.25, 0.3) is 5.91 Å². The maximum atomic E-state index is 12.6. The SMILES string of the molecule is O=C1NNCC(Cl)C1N1CCN(CC2CCCCC2OC(F)(F)F)CC1. The number of nitrogens with zero attached hydrogens (tertiary/aromatic N) is 2. The van der Waals surface area contributed by atoms with Gasteiger partial charge in [0.15, 0.2) is 0 Å². The van der Waals surface area contributed by atoms with E-state index in [0.717, 1.165) is 32.4 Å². The van der Waals surface area contributed by atoms with Crippen molar-refractivity contribution in [3.8, 4) is 0 Å². The number of nitrogens with one attached hydrogen (secondary N) is 2. The van der Waals surface area contributed by atoms with E-state index in [2.05, 4.69) is 25.4 Å². The second-order valence-electron chi connectivity index (χ2n) is 7.31. The Balaban J connectivity index is 1.50. The second kappa shape index (κ2) is 8.60. The van der Waals surface area contributed by atoms with E-state index in [0.29, 0.717) is 32.6 Å². The third kappa shape index (κ3) is 5.22. The Morgan fingerprint density at radius 3 is 2.50 bits per heavy atom. The highest BCUT2D eigenvalue weighted by Gasteiger charge is 2.40. The lowest BCUT2D eigenvalue weighted by atomic mass is 9.86. The Morgan fingerprint density at radius 1 is 1.15 bits per heavy atom. The van der Waals surface area contributed by atoms with Gasteiger partial charge in [0.1, 0.15) is 6.04 Å². The van der Waals surface area contributed by atoms with Gasteiger partial charge in [-0.15, -0.1) is 24.8 Å². The molecular weight excluding hydrogens is 373 g/mol. The van der Waals surface area contributed by atoms with Crippen molar-refractivity contribution in [3.63, 3.8) is 0 Å². The monoisotopic (exact) mass is 398 g/mol. The lowest BCUT2D eigenvalue weighted by Gasteiger charge is -2.43. The molecule has 150 valence electrons. The van der Waals surface area contributed by atoms with Crippen molar-refractivity contribution in [1.29, 1.82) is 0 Å². The lowest BCUT2D eigenvalue weighted by molar-refractivity contribution is -0.351. The van der Waals surface area contributed by atoms with Crippen molar-refractivity contribution in [2.24, 2.45) is 5.92 Å². The summed E-state index contributed by atoms with van der Waals surface area (Å²) in [4.78, 5) is 16.3. The summed E-state index contributed by atoms with van der Waals surface area (Å²) in [7, 11) is 0. The molecule has 26 heavy (non-hydrogen) atoms. The van der Waals surface area contributed by atoms with Gasteiger partial charge >= 0.3 is 6.36 Å². The Hall–Kier alpha value is -0.610. The summed E-state index contributed by atoms with van der Waals surface area (Å²) in [6, 6.07) is -0.365. The summed E-state index contributed by atoms with van der Waals surface area (Å²) < 4.78 is 42.2. The van der Waals surface area contributed by atoms with E-state index in [1.54, 1.807) is 0 Å². The molecule has 0 radical (unpaired) electrons. The fraction of sp³-hybridized carbons (Fsp3) is 0.938. The van der Waals surface area contributed by atoms with Crippen molar-refractivity contribution >= 4 is 17.5 Å². The summed E-state index contributed by atoms with van der Waals surface area (Å²) in [5.74, 6) is -0.226. The first-order valence-corrected chi connectivity index (χ1v) is 9.65. The lowest BCUT2D eigenvalue weighted by Crippen LogP contribution is -2.65. The molecule has 2 aliphatic heterocycles. The molecule has 0 aromatic carbocycles. The van der Waals surface area contributed by atoms with E-state index in [1.165, 1.54) is 0 Å². The molecule has 4 atom stereocenters. The summed E-state index contributed by atoms with van der Waals surface area (Å²) in [5.41, 5.74) is 5.38. The van der Waals surface area contributed by atoms with Crippen molar-refractivity contribution in [3.05, 3.63) is 0 Å². The third-order valence-electron chi connectivity index (χ3n) is 5.54. The van der Waals surface area contributed by atoms with E-state index in [9.17, 15) is 18.0 Å². The van der Waals surface area contributed by atoms with Gasteiger partial charge in [-0.25, -0.2) is 5.43 Å². The minimum absolute atomic E-state index is 0.0973. The second-order valence-corrected chi connectivity index (χ2v) is 7.87. The van der Waals surface area contributed by atoms with Crippen molar-refractivity contribution in [2.75, 3.05) is 39.3 Å². The third-order valence-corrected chi connectivity index (χ3v) is 5.93. The van der Waals surface area contributed by atoms with Crippen molar-refractivity contribution < 1.29 is 22.7 Å². The van der Waals surface area contributed by atoms with Crippen LogP contribution in [0.3, 0.4) is 0 Å². The van der Waals surface area contributed by atoms with Gasteiger partial charge in [-0.3, -0.25) is 19.9 Å². The molecule has 0 bridgehead atoms. The van der Waals surface area contributed by atoms with Gasteiger partial charge in [0, 0.05) is 39.3 Å². The first-order chi connectivity index (χ1) is 12.3. The molecule has 2 N–H and O–H groups in total. The van der Waals surface area contributed by atoms with Crippen LogP contribution in [0.5, 0.6) is 0 Å². The van der Waals surface area contributed by atoms with Gasteiger partial charge in [0.2, 0.25) is 0 Å². The zero-order valence-electron chi connectivity index (χ0n) is 14.6. The molecule has 1 saturated carbocycles. The number of amides is 1. The van der Waals surface area contributed by atoms with Crippen LogP contribution in [0.2, 0.25) is 0 Å². The van der Waals surface area contributed by atoms with E-state index >= 15 is 0 Å². The number of hydrogen-bond donors (Lipinski definition) is 2. The van der Waals surface area contributed by atoms with Gasteiger partial charge in [-0.05, 0) is 18.8 Å². The van der Waals surface area contributed by atoms with Crippen molar-refractivity contribution in [1.82, 2.24) is 20.7 Å². The normalized spacial score (nSPS) is 35.3. The zero-order valence-corrected chi connectivity index (χ0v) is 15.4. The molecule has 0 aromatic heterocycles. The first kappa shape index (κ1) is 20.1. The van der Waals surface area contributed by atoms with Crippen LogP contribution < -0.4 is 10.9 Å². The van der Waals surface area contributed by atoms with Crippen LogP contribution >= 0.6 is 11.6 Å². The largest absolute Gasteiger partial charge is 0.522 e. The van der Waals surface area contributed by atoms with E-state index in [4.69, 9.17) is 11.6 Å². The Labute approximate surface area is 156 Å². The highest BCUT2D eigenvalue weighted by molar-refractivity contribution is 6.23. The van der Waals surface area contributed by atoms with Crippen LogP contribution in [-0.4, -0.2) is 78.9 Å². The fourth-order valence-corrected chi connectivity index (χ4v) is 4.60. The number of carbonyl (C=O) groups is 1. The van der Waals surface area contributed by atoms with Crippen LogP contribution in [0.25, 0.3) is 0 Å². The van der Waals surface area contributed by atoms with Crippen LogP contribution in [0, 0.1) is 5.92 Å². The number of hydrogen-bond acceptors (Lipinski definition) is 5. The van der Waals surface area contributed by atoms with Gasteiger partial charge in [0.05, 0.1) is 11.5 Å². The highest BCUT2D eigenvalue weighted by atomic mass is 35.5. The Bertz CT molecular complexity index is 489. The van der Waals surface area contributed by atoms with Gasteiger partial charge in [-0.1, -0.05) is 12.8 Å². The minimum atomic E-state index is -4.57. The van der Waals surface area contributed by atoms with E-state index in [1.807, 2.05) is 0 Å². The molecule has 2 heterocycles. The smallest absolute Gasteiger partial charge is 0.300 e. The molecule has 4 unspecified atom stereocenters. The average molecular weight is 399 g/mol. The number of hydrazine groups is 1. The quantitative estimate of drug-likeness (QED) is 0.699. The van der Waals surface area contributed by atoms with Crippen molar-refractivity contribution in [2.45, 2.75) is 49.6 Å². The fourth-order valence-electron chi connectivity index (χ4n) is 4.25.